The molecule has 0 unspecified atom stereocenters. The Morgan fingerprint density at radius 1 is 0.852 bits per heavy atom. The molecule has 0 amide bonds. The van der Waals surface area contributed by atoms with E-state index in [-0.39, 0.29) is 6.10 Å². The first-order valence-corrected chi connectivity index (χ1v) is 11.0. The maximum atomic E-state index is 9.68. The van der Waals surface area contributed by atoms with Gasteiger partial charge in [-0.3, -0.25) is 4.98 Å². The smallest absolute Gasteiger partial charge is 0.0702 e. The Bertz CT molecular complexity index is 654. The molecule has 0 atom stereocenters. The highest BCUT2D eigenvalue weighted by Crippen LogP contribution is 2.33. The van der Waals surface area contributed by atoms with Gasteiger partial charge in [-0.05, 0) is 61.6 Å². The first-order chi connectivity index (χ1) is 13.3. The van der Waals surface area contributed by atoms with Gasteiger partial charge in [0.25, 0.3) is 0 Å². The Balaban J connectivity index is 1.49. The van der Waals surface area contributed by atoms with E-state index in [4.69, 9.17) is 4.98 Å². The number of pyridine rings is 1. The van der Waals surface area contributed by atoms with Crippen LogP contribution in [0.2, 0.25) is 0 Å². The summed E-state index contributed by atoms with van der Waals surface area (Å²) in [4.78, 5) is 4.70. The predicted octanol–water partition coefficient (Wildman–Crippen LogP) is 6.67. The normalized spacial score (nSPS) is 19.9. The molecule has 2 nitrogen and oxygen atoms in total. The van der Waals surface area contributed by atoms with Crippen LogP contribution in [0.25, 0.3) is 11.3 Å². The van der Waals surface area contributed by atoms with Gasteiger partial charge in [-0.25, -0.2) is 0 Å². The zero-order valence-corrected chi connectivity index (χ0v) is 16.9. The number of rotatable bonds is 9. The summed E-state index contributed by atoms with van der Waals surface area (Å²) in [5, 5.41) is 9.68. The molecule has 1 aliphatic carbocycles. The van der Waals surface area contributed by atoms with Crippen LogP contribution >= 0.6 is 0 Å². The minimum absolute atomic E-state index is 0.0837. The monoisotopic (exact) mass is 365 g/mol. The number of benzene rings is 1. The lowest BCUT2D eigenvalue weighted by Gasteiger charge is -2.25. The molecule has 1 fully saturated rings. The van der Waals surface area contributed by atoms with Gasteiger partial charge in [0.15, 0.2) is 0 Å². The maximum absolute atomic E-state index is 9.68. The highest BCUT2D eigenvalue weighted by atomic mass is 16.3. The second-order valence-corrected chi connectivity index (χ2v) is 8.20. The molecule has 0 radical (unpaired) electrons. The summed E-state index contributed by atoms with van der Waals surface area (Å²) >= 11 is 0. The summed E-state index contributed by atoms with van der Waals surface area (Å²) in [7, 11) is 0. The van der Waals surface area contributed by atoms with Crippen LogP contribution in [0, 0.1) is 0 Å². The summed E-state index contributed by atoms with van der Waals surface area (Å²) in [5.74, 6) is 0.607. The lowest BCUT2D eigenvalue weighted by atomic mass is 9.82. The van der Waals surface area contributed by atoms with Crippen molar-refractivity contribution in [3.63, 3.8) is 0 Å². The number of aliphatic hydroxyl groups excluding tert-OH is 1. The Hall–Kier alpha value is -1.67. The first kappa shape index (κ1) is 20.1. The molecule has 2 heteroatoms. The van der Waals surface area contributed by atoms with Gasteiger partial charge in [0.2, 0.25) is 0 Å². The largest absolute Gasteiger partial charge is 0.393 e. The molecule has 146 valence electrons. The van der Waals surface area contributed by atoms with Crippen molar-refractivity contribution < 1.29 is 5.11 Å². The van der Waals surface area contributed by atoms with Gasteiger partial charge in [0, 0.05) is 11.8 Å². The second kappa shape index (κ2) is 10.6. The van der Waals surface area contributed by atoms with E-state index in [2.05, 4.69) is 49.5 Å². The van der Waals surface area contributed by atoms with Crippen LogP contribution in [0.5, 0.6) is 0 Å². The van der Waals surface area contributed by atoms with Crippen LogP contribution in [0.15, 0.2) is 42.6 Å². The van der Waals surface area contributed by atoms with Crippen LogP contribution in [0.3, 0.4) is 0 Å². The van der Waals surface area contributed by atoms with Gasteiger partial charge < -0.3 is 5.11 Å². The number of aliphatic hydroxyl groups is 1. The lowest BCUT2D eigenvalue weighted by molar-refractivity contribution is 0.122. The lowest BCUT2D eigenvalue weighted by Crippen LogP contribution is -2.16. The van der Waals surface area contributed by atoms with E-state index in [0.29, 0.717) is 5.92 Å². The summed E-state index contributed by atoms with van der Waals surface area (Å²) in [5.41, 5.74) is 5.02. The van der Waals surface area contributed by atoms with E-state index in [0.717, 1.165) is 37.8 Å². The Kier molecular flexibility index (Phi) is 7.89. The molecule has 2 aromatic rings. The number of hydrogen-bond donors (Lipinski definition) is 1. The average Bonchev–Trinajstić information content (AvgIpc) is 2.72. The molecule has 1 aromatic heterocycles. The summed E-state index contributed by atoms with van der Waals surface area (Å²) in [6.45, 7) is 2.27. The fraction of sp³-hybridized carbons (Fsp3) is 0.560. The van der Waals surface area contributed by atoms with Crippen molar-refractivity contribution in [2.24, 2.45) is 0 Å². The fourth-order valence-electron chi connectivity index (χ4n) is 4.19. The van der Waals surface area contributed by atoms with Gasteiger partial charge in [-0.2, -0.15) is 0 Å². The van der Waals surface area contributed by atoms with Gasteiger partial charge >= 0.3 is 0 Å². The Labute approximate surface area is 165 Å². The molecule has 1 aromatic carbocycles. The standard InChI is InChI=1S/C25H35NO/c1-2-3-4-5-6-7-8-20-9-18-25(26-19-20)23-12-10-21(11-13-23)22-14-16-24(27)17-15-22/h9-13,18-19,22,24,27H,2-8,14-17H2,1H3. The number of hydrogen-bond acceptors (Lipinski definition) is 2. The molecule has 1 aliphatic rings. The van der Waals surface area contributed by atoms with Crippen molar-refractivity contribution in [3.05, 3.63) is 53.7 Å². The molecule has 0 aliphatic heterocycles. The molecular formula is C25H35NO. The van der Waals surface area contributed by atoms with Crippen LogP contribution in [-0.4, -0.2) is 16.2 Å². The van der Waals surface area contributed by atoms with Crippen molar-refractivity contribution in [2.45, 2.75) is 89.6 Å². The molecule has 1 saturated carbocycles. The van der Waals surface area contributed by atoms with Crippen molar-refractivity contribution in [2.75, 3.05) is 0 Å². The number of nitrogens with zero attached hydrogens (tertiary/aromatic N) is 1. The molecule has 1 N–H and O–H groups in total. The fourth-order valence-corrected chi connectivity index (χ4v) is 4.19. The van der Waals surface area contributed by atoms with Crippen LogP contribution in [0.4, 0.5) is 0 Å². The minimum Gasteiger partial charge on any atom is -0.393 e. The Morgan fingerprint density at radius 3 is 2.22 bits per heavy atom. The van der Waals surface area contributed by atoms with E-state index in [1.807, 2.05) is 0 Å². The highest BCUT2D eigenvalue weighted by molar-refractivity contribution is 5.59. The van der Waals surface area contributed by atoms with Gasteiger partial charge in [0.05, 0.1) is 11.8 Å². The molecule has 1 heterocycles. The third-order valence-corrected chi connectivity index (χ3v) is 6.02. The first-order valence-electron chi connectivity index (χ1n) is 11.0. The van der Waals surface area contributed by atoms with E-state index >= 15 is 0 Å². The van der Waals surface area contributed by atoms with E-state index < -0.39 is 0 Å². The second-order valence-electron chi connectivity index (χ2n) is 8.20. The van der Waals surface area contributed by atoms with Crippen LogP contribution in [-0.2, 0) is 6.42 Å². The van der Waals surface area contributed by atoms with E-state index in [1.165, 1.54) is 55.2 Å². The number of unbranched alkanes of at least 4 members (excludes halogenated alkanes) is 5. The topological polar surface area (TPSA) is 33.1 Å². The van der Waals surface area contributed by atoms with Crippen LogP contribution in [0.1, 0.15) is 88.2 Å². The zero-order chi connectivity index (χ0) is 18.9. The van der Waals surface area contributed by atoms with E-state index in [1.54, 1.807) is 0 Å². The number of aromatic nitrogens is 1. The molecule has 0 bridgehead atoms. The van der Waals surface area contributed by atoms with Crippen molar-refractivity contribution in [1.29, 1.82) is 0 Å². The summed E-state index contributed by atoms with van der Waals surface area (Å²) < 4.78 is 0. The molecule has 3 rings (SSSR count). The molecule has 0 spiro atoms. The van der Waals surface area contributed by atoms with Gasteiger partial charge in [-0.1, -0.05) is 69.4 Å². The minimum atomic E-state index is -0.0837. The highest BCUT2D eigenvalue weighted by Gasteiger charge is 2.20. The molecular weight excluding hydrogens is 330 g/mol. The Morgan fingerprint density at radius 2 is 1.56 bits per heavy atom. The predicted molar refractivity (Wildman–Crippen MR) is 114 cm³/mol. The summed E-state index contributed by atoms with van der Waals surface area (Å²) in [6, 6.07) is 13.3. The number of aryl methyl sites for hydroxylation is 1. The van der Waals surface area contributed by atoms with Gasteiger partial charge in [0.1, 0.15) is 0 Å². The maximum Gasteiger partial charge on any atom is 0.0702 e. The van der Waals surface area contributed by atoms with Crippen molar-refractivity contribution in [1.82, 2.24) is 4.98 Å². The van der Waals surface area contributed by atoms with E-state index in [9.17, 15) is 5.11 Å². The third kappa shape index (κ3) is 6.17. The SMILES string of the molecule is CCCCCCCCc1ccc(-c2ccc(C3CCC(O)CC3)cc2)nc1. The van der Waals surface area contributed by atoms with Crippen molar-refractivity contribution >= 4 is 0 Å². The molecule has 27 heavy (non-hydrogen) atoms. The van der Waals surface area contributed by atoms with Gasteiger partial charge in [-0.15, -0.1) is 0 Å². The quantitative estimate of drug-likeness (QED) is 0.503. The zero-order valence-electron chi connectivity index (χ0n) is 16.9. The van der Waals surface area contributed by atoms with Crippen molar-refractivity contribution in [3.8, 4) is 11.3 Å². The third-order valence-electron chi connectivity index (χ3n) is 6.02. The molecule has 0 saturated heterocycles. The summed E-state index contributed by atoms with van der Waals surface area (Å²) in [6.07, 6.45) is 15.2. The average molecular weight is 366 g/mol. The van der Waals surface area contributed by atoms with Crippen LogP contribution < -0.4 is 0 Å².